The zero-order chi connectivity index (χ0) is 24.2. The van der Waals surface area contributed by atoms with E-state index in [9.17, 15) is 9.18 Å². The Kier molecular flexibility index (Phi) is 6.53. The number of nitrogens with one attached hydrogen (secondary N) is 1. The molecule has 9 nitrogen and oxygen atoms in total. The SMILES string of the molecule is CN(Cc1cccc(F)c1)c1ncnc2c1ncn2C1CCC(COC(=O)Nc2ccccc2)O1. The first-order valence-electron chi connectivity index (χ1n) is 11.3. The minimum absolute atomic E-state index is 0.151. The molecule has 1 saturated heterocycles. The number of imidazole rings is 1. The first-order valence-corrected chi connectivity index (χ1v) is 11.3. The van der Waals surface area contributed by atoms with Crippen LogP contribution in [0.5, 0.6) is 0 Å². The molecule has 2 atom stereocenters. The lowest BCUT2D eigenvalue weighted by Gasteiger charge is -2.19. The van der Waals surface area contributed by atoms with E-state index < -0.39 is 6.09 Å². The summed E-state index contributed by atoms with van der Waals surface area (Å²) < 4.78 is 26.9. The molecule has 180 valence electrons. The van der Waals surface area contributed by atoms with Gasteiger partial charge in [-0.3, -0.25) is 9.88 Å². The maximum Gasteiger partial charge on any atom is 0.411 e. The lowest BCUT2D eigenvalue weighted by molar-refractivity contribution is -0.0230. The van der Waals surface area contributed by atoms with Crippen LogP contribution in [-0.4, -0.2) is 45.4 Å². The Balaban J connectivity index is 1.22. The number of carbonyl (C=O) groups excluding carboxylic acids is 1. The van der Waals surface area contributed by atoms with Gasteiger partial charge < -0.3 is 14.4 Å². The van der Waals surface area contributed by atoms with Crippen molar-refractivity contribution < 1.29 is 18.7 Å². The lowest BCUT2D eigenvalue weighted by atomic mass is 10.2. The summed E-state index contributed by atoms with van der Waals surface area (Å²) in [5.74, 6) is 0.371. The molecule has 1 fully saturated rings. The Bertz CT molecular complexity index is 1320. The molecule has 2 aromatic carbocycles. The van der Waals surface area contributed by atoms with Crippen molar-refractivity contribution in [3.8, 4) is 0 Å². The predicted octanol–water partition coefficient (Wildman–Crippen LogP) is 4.53. The van der Waals surface area contributed by atoms with Crippen LogP contribution >= 0.6 is 0 Å². The summed E-state index contributed by atoms with van der Waals surface area (Å²) in [6.07, 6.45) is 3.63. The van der Waals surface area contributed by atoms with Crippen molar-refractivity contribution in [1.29, 1.82) is 0 Å². The molecule has 0 bridgehead atoms. The molecule has 0 aliphatic carbocycles. The number of aromatic nitrogens is 4. The van der Waals surface area contributed by atoms with E-state index in [4.69, 9.17) is 9.47 Å². The third-order valence-electron chi connectivity index (χ3n) is 5.83. The molecule has 3 heterocycles. The van der Waals surface area contributed by atoms with Crippen molar-refractivity contribution in [1.82, 2.24) is 19.5 Å². The zero-order valence-electron chi connectivity index (χ0n) is 19.2. The van der Waals surface area contributed by atoms with Gasteiger partial charge in [0.2, 0.25) is 0 Å². The maximum atomic E-state index is 13.6. The van der Waals surface area contributed by atoms with Crippen LogP contribution in [0.1, 0.15) is 24.6 Å². The number of nitrogens with zero attached hydrogens (tertiary/aromatic N) is 5. The largest absolute Gasteiger partial charge is 0.447 e. The van der Waals surface area contributed by atoms with Gasteiger partial charge in [-0.1, -0.05) is 30.3 Å². The average Bonchev–Trinajstić information content (AvgIpc) is 3.50. The summed E-state index contributed by atoms with van der Waals surface area (Å²) in [7, 11) is 1.88. The Labute approximate surface area is 201 Å². The first kappa shape index (κ1) is 22.7. The molecule has 1 N–H and O–H groups in total. The minimum Gasteiger partial charge on any atom is -0.447 e. The Morgan fingerprint density at radius 2 is 2.03 bits per heavy atom. The quantitative estimate of drug-likeness (QED) is 0.419. The molecule has 1 amide bonds. The highest BCUT2D eigenvalue weighted by Gasteiger charge is 2.29. The smallest absolute Gasteiger partial charge is 0.411 e. The van der Waals surface area contributed by atoms with E-state index >= 15 is 0 Å². The van der Waals surface area contributed by atoms with Crippen LogP contribution < -0.4 is 10.2 Å². The van der Waals surface area contributed by atoms with Gasteiger partial charge in [0, 0.05) is 19.3 Å². The van der Waals surface area contributed by atoms with E-state index in [1.54, 1.807) is 24.5 Å². The molecule has 4 aromatic rings. The summed E-state index contributed by atoms with van der Waals surface area (Å²) in [6.45, 7) is 0.625. The van der Waals surface area contributed by atoms with Crippen molar-refractivity contribution in [3.05, 3.63) is 78.6 Å². The van der Waals surface area contributed by atoms with Gasteiger partial charge in [0.25, 0.3) is 0 Å². The lowest BCUT2D eigenvalue weighted by Crippen LogP contribution is -2.22. The number of benzene rings is 2. The second kappa shape index (κ2) is 10.1. The molecule has 2 aromatic heterocycles. The first-order chi connectivity index (χ1) is 17.1. The van der Waals surface area contributed by atoms with E-state index in [0.717, 1.165) is 18.4 Å². The van der Waals surface area contributed by atoms with Crippen molar-refractivity contribution >= 4 is 28.8 Å². The molecule has 0 radical (unpaired) electrons. The number of anilines is 2. The van der Waals surface area contributed by atoms with Crippen LogP contribution in [-0.2, 0) is 16.0 Å². The fourth-order valence-electron chi connectivity index (χ4n) is 4.17. The molecule has 5 rings (SSSR count). The van der Waals surface area contributed by atoms with Gasteiger partial charge in [-0.05, 0) is 42.7 Å². The summed E-state index contributed by atoms with van der Waals surface area (Å²) in [4.78, 5) is 27.3. The summed E-state index contributed by atoms with van der Waals surface area (Å²) >= 11 is 0. The van der Waals surface area contributed by atoms with Crippen molar-refractivity contribution in [2.24, 2.45) is 0 Å². The van der Waals surface area contributed by atoms with Gasteiger partial charge in [-0.2, -0.15) is 0 Å². The molecule has 10 heteroatoms. The normalized spacial score (nSPS) is 17.4. The molecule has 2 unspecified atom stereocenters. The highest BCUT2D eigenvalue weighted by Crippen LogP contribution is 2.32. The highest BCUT2D eigenvalue weighted by molar-refractivity contribution is 5.84. The van der Waals surface area contributed by atoms with E-state index in [1.165, 1.54) is 18.5 Å². The molecular weight excluding hydrogens is 451 g/mol. The number of amides is 1. The Morgan fingerprint density at radius 3 is 2.86 bits per heavy atom. The van der Waals surface area contributed by atoms with Gasteiger partial charge in [-0.25, -0.2) is 24.1 Å². The average molecular weight is 477 g/mol. The van der Waals surface area contributed by atoms with E-state index in [2.05, 4.69) is 20.3 Å². The van der Waals surface area contributed by atoms with E-state index in [1.807, 2.05) is 40.8 Å². The van der Waals surface area contributed by atoms with Gasteiger partial charge in [0.05, 0.1) is 12.4 Å². The van der Waals surface area contributed by atoms with Crippen molar-refractivity contribution in [3.63, 3.8) is 0 Å². The van der Waals surface area contributed by atoms with Crippen LogP contribution in [0.2, 0.25) is 0 Å². The van der Waals surface area contributed by atoms with Crippen molar-refractivity contribution in [2.45, 2.75) is 31.7 Å². The van der Waals surface area contributed by atoms with Gasteiger partial charge in [-0.15, -0.1) is 0 Å². The monoisotopic (exact) mass is 476 g/mol. The number of carbonyl (C=O) groups is 1. The van der Waals surface area contributed by atoms with Crippen LogP contribution in [0.4, 0.5) is 20.7 Å². The standard InChI is InChI=1S/C25H25FN6O3/c1-31(13-17-6-5-7-18(26)12-17)23-22-24(28-15-27-23)32(16-29-22)21-11-10-20(35-21)14-34-25(33)30-19-8-3-2-4-9-19/h2-9,12,15-16,20-21H,10-11,13-14H2,1H3,(H,30,33). The van der Waals surface area contributed by atoms with Crippen LogP contribution in [0.15, 0.2) is 67.3 Å². The van der Waals surface area contributed by atoms with E-state index in [0.29, 0.717) is 29.2 Å². The third kappa shape index (κ3) is 5.22. The number of para-hydroxylation sites is 1. The fourth-order valence-corrected chi connectivity index (χ4v) is 4.17. The Morgan fingerprint density at radius 1 is 1.17 bits per heavy atom. The molecule has 35 heavy (non-hydrogen) atoms. The summed E-state index contributed by atoms with van der Waals surface area (Å²) in [6, 6.07) is 15.6. The number of hydrogen-bond acceptors (Lipinski definition) is 7. The molecule has 1 aliphatic heterocycles. The van der Waals surface area contributed by atoms with Gasteiger partial charge in [0.1, 0.15) is 25.0 Å². The fraction of sp³-hybridized carbons (Fsp3) is 0.280. The van der Waals surface area contributed by atoms with Gasteiger partial charge >= 0.3 is 6.09 Å². The number of halogens is 1. The van der Waals surface area contributed by atoms with Crippen molar-refractivity contribution in [2.75, 3.05) is 23.9 Å². The molecular formula is C25H25FN6O3. The number of fused-ring (bicyclic) bond motifs is 1. The predicted molar refractivity (Wildman–Crippen MR) is 128 cm³/mol. The topological polar surface area (TPSA) is 94.4 Å². The van der Waals surface area contributed by atoms with Crippen LogP contribution in [0.3, 0.4) is 0 Å². The molecule has 1 aliphatic rings. The van der Waals surface area contributed by atoms with Crippen LogP contribution in [0.25, 0.3) is 11.2 Å². The minimum atomic E-state index is -0.518. The highest BCUT2D eigenvalue weighted by atomic mass is 19.1. The van der Waals surface area contributed by atoms with Gasteiger partial charge in [0.15, 0.2) is 17.0 Å². The Hall–Kier alpha value is -4.05. The third-order valence-corrected chi connectivity index (χ3v) is 5.83. The second-order valence-corrected chi connectivity index (χ2v) is 8.39. The second-order valence-electron chi connectivity index (χ2n) is 8.39. The van der Waals surface area contributed by atoms with Crippen LogP contribution in [0, 0.1) is 5.82 Å². The number of ether oxygens (including phenoxy) is 2. The maximum absolute atomic E-state index is 13.6. The number of rotatable bonds is 7. The number of hydrogen-bond donors (Lipinski definition) is 1. The summed E-state index contributed by atoms with van der Waals surface area (Å²) in [5.41, 5.74) is 2.79. The zero-order valence-corrected chi connectivity index (χ0v) is 19.2. The summed E-state index contributed by atoms with van der Waals surface area (Å²) in [5, 5.41) is 2.69. The molecule has 0 spiro atoms. The van der Waals surface area contributed by atoms with E-state index in [-0.39, 0.29) is 24.8 Å². The molecule has 0 saturated carbocycles.